The Labute approximate surface area is 88.1 Å². The van der Waals surface area contributed by atoms with Gasteiger partial charge in [-0.15, -0.1) is 0 Å². The molecule has 0 saturated heterocycles. The van der Waals surface area contributed by atoms with Crippen LogP contribution in [0.3, 0.4) is 0 Å². The van der Waals surface area contributed by atoms with Crippen LogP contribution >= 0.6 is 0 Å². The highest BCUT2D eigenvalue weighted by atomic mass is 32.2. The second-order valence-corrected chi connectivity index (χ2v) is 4.77. The number of nitrogens with zero attached hydrogens (tertiary/aromatic N) is 1. The summed E-state index contributed by atoms with van der Waals surface area (Å²) >= 11 is 0. The van der Waals surface area contributed by atoms with Crippen molar-refractivity contribution < 1.29 is 12.8 Å². The molecule has 0 bridgehead atoms. The molecule has 0 aliphatic carbocycles. The van der Waals surface area contributed by atoms with Gasteiger partial charge in [-0.25, -0.2) is 8.42 Å². The van der Waals surface area contributed by atoms with Gasteiger partial charge in [-0.2, -0.15) is 5.26 Å². The molecule has 78 valence electrons. The van der Waals surface area contributed by atoms with Crippen molar-refractivity contribution in [2.75, 3.05) is 6.26 Å². The molecule has 0 amide bonds. The molecule has 1 rings (SSSR count). The van der Waals surface area contributed by atoms with Gasteiger partial charge in [0.15, 0.2) is 9.84 Å². The summed E-state index contributed by atoms with van der Waals surface area (Å²) in [4.78, 5) is -0.273. The summed E-state index contributed by atoms with van der Waals surface area (Å²) in [5, 5.41) is 8.56. The summed E-state index contributed by atoms with van der Waals surface area (Å²) < 4.78 is 27.0. The number of nitriles is 1. The van der Waals surface area contributed by atoms with Crippen molar-refractivity contribution >= 4 is 15.9 Å². The van der Waals surface area contributed by atoms with Gasteiger partial charge in [-0.05, 0) is 24.3 Å². The van der Waals surface area contributed by atoms with Crippen LogP contribution in [0.1, 0.15) is 5.76 Å². The van der Waals surface area contributed by atoms with Gasteiger partial charge in [-0.3, -0.25) is 0 Å². The van der Waals surface area contributed by atoms with Crippen molar-refractivity contribution in [1.29, 1.82) is 5.26 Å². The molecule has 0 spiro atoms. The van der Waals surface area contributed by atoms with Gasteiger partial charge >= 0.3 is 0 Å². The first-order chi connectivity index (χ1) is 7.04. The number of sulfone groups is 1. The summed E-state index contributed by atoms with van der Waals surface area (Å²) in [6, 6.07) is 5.05. The third kappa shape index (κ3) is 3.44. The molecule has 1 aromatic heterocycles. The molecule has 0 radical (unpaired) electrons. The van der Waals surface area contributed by atoms with Gasteiger partial charge < -0.3 is 4.42 Å². The summed E-state index contributed by atoms with van der Waals surface area (Å²) in [6.07, 6.45) is 6.76. The van der Waals surface area contributed by atoms with Crippen molar-refractivity contribution in [3.63, 3.8) is 0 Å². The molecule has 0 saturated carbocycles. The van der Waals surface area contributed by atoms with Gasteiger partial charge in [0.05, 0.1) is 6.26 Å². The first-order valence-electron chi connectivity index (χ1n) is 4.06. The van der Waals surface area contributed by atoms with E-state index in [0.29, 0.717) is 5.76 Å². The fraction of sp³-hybridized carbons (Fsp3) is 0.100. The second-order valence-electron chi connectivity index (χ2n) is 2.79. The topological polar surface area (TPSA) is 71.1 Å². The Bertz CT molecular complexity index is 516. The fourth-order valence-corrected chi connectivity index (χ4v) is 1.35. The monoisotopic (exact) mass is 223 g/mol. The Morgan fingerprint density at radius 3 is 2.80 bits per heavy atom. The zero-order chi connectivity index (χ0) is 11.3. The van der Waals surface area contributed by atoms with E-state index in [1.54, 1.807) is 24.3 Å². The molecule has 15 heavy (non-hydrogen) atoms. The Hall–Kier alpha value is -1.80. The maximum Gasteiger partial charge on any atom is 0.185 e. The molecule has 1 aromatic rings. The van der Waals surface area contributed by atoms with E-state index in [9.17, 15) is 8.42 Å². The highest BCUT2D eigenvalue weighted by Gasteiger charge is 2.08. The molecule has 0 aliphatic rings. The summed E-state index contributed by atoms with van der Waals surface area (Å²) in [5.41, 5.74) is 0. The molecule has 0 atom stereocenters. The molecule has 5 heteroatoms. The molecule has 0 fully saturated rings. The zero-order valence-corrected chi connectivity index (χ0v) is 8.86. The van der Waals surface area contributed by atoms with E-state index < -0.39 is 9.84 Å². The summed E-state index contributed by atoms with van der Waals surface area (Å²) in [7, 11) is -3.44. The molecule has 1 heterocycles. The van der Waals surface area contributed by atoms with Crippen LogP contribution < -0.4 is 0 Å². The Balaban J connectivity index is 2.86. The third-order valence-electron chi connectivity index (χ3n) is 1.56. The minimum absolute atomic E-state index is 0.273. The lowest BCUT2D eigenvalue weighted by Crippen LogP contribution is -1.97. The summed E-state index contributed by atoms with van der Waals surface area (Å²) in [6.45, 7) is 0. The minimum Gasteiger partial charge on any atom is -0.465 e. The number of allylic oxidation sites excluding steroid dienone is 3. The zero-order valence-electron chi connectivity index (χ0n) is 8.04. The quantitative estimate of drug-likeness (QED) is 0.578. The van der Waals surface area contributed by atoms with Crippen molar-refractivity contribution in [2.45, 2.75) is 0 Å². The van der Waals surface area contributed by atoms with Crippen LogP contribution in [0.4, 0.5) is 0 Å². The molecule has 0 aliphatic heterocycles. The standard InChI is InChI=1S/C10H9NO3S/c1-15(12,13)10(8-11)6-2-4-9-5-3-7-14-9/h2-7H,1H3/b4-2-,10-6+. The third-order valence-corrected chi connectivity index (χ3v) is 2.59. The fourth-order valence-electron chi connectivity index (χ4n) is 0.860. The van der Waals surface area contributed by atoms with Crippen LogP contribution in [-0.4, -0.2) is 14.7 Å². The predicted molar refractivity (Wildman–Crippen MR) is 56.3 cm³/mol. The second kappa shape index (κ2) is 4.62. The van der Waals surface area contributed by atoms with Crippen molar-refractivity contribution in [3.8, 4) is 6.07 Å². The van der Waals surface area contributed by atoms with Gasteiger partial charge in [0.25, 0.3) is 0 Å². The molecular formula is C10H9NO3S. The van der Waals surface area contributed by atoms with E-state index in [1.807, 2.05) is 0 Å². The smallest absolute Gasteiger partial charge is 0.185 e. The average Bonchev–Trinajstić information content (AvgIpc) is 2.62. The summed E-state index contributed by atoms with van der Waals surface area (Å²) in [5.74, 6) is 0.594. The van der Waals surface area contributed by atoms with Crippen LogP contribution in [0.2, 0.25) is 0 Å². The van der Waals surface area contributed by atoms with E-state index >= 15 is 0 Å². The maximum atomic E-state index is 11.0. The van der Waals surface area contributed by atoms with Crippen LogP contribution in [0.25, 0.3) is 6.08 Å². The number of hydrogen-bond acceptors (Lipinski definition) is 4. The van der Waals surface area contributed by atoms with Gasteiger partial charge in [0.1, 0.15) is 16.7 Å². The van der Waals surface area contributed by atoms with Gasteiger partial charge in [0, 0.05) is 6.26 Å². The Kier molecular flexibility index (Phi) is 3.47. The first-order valence-corrected chi connectivity index (χ1v) is 5.95. The van der Waals surface area contributed by atoms with Crippen LogP contribution in [0.15, 0.2) is 39.9 Å². The molecular weight excluding hydrogens is 214 g/mol. The molecule has 4 nitrogen and oxygen atoms in total. The van der Waals surface area contributed by atoms with Crippen molar-refractivity contribution in [3.05, 3.63) is 41.2 Å². The van der Waals surface area contributed by atoms with Crippen LogP contribution in [-0.2, 0) is 9.84 Å². The first kappa shape index (κ1) is 11.3. The number of furan rings is 1. The lowest BCUT2D eigenvalue weighted by molar-refractivity contribution is 0.557. The van der Waals surface area contributed by atoms with E-state index in [2.05, 4.69) is 0 Å². The van der Waals surface area contributed by atoms with E-state index in [4.69, 9.17) is 9.68 Å². The average molecular weight is 223 g/mol. The Morgan fingerprint density at radius 1 is 1.60 bits per heavy atom. The number of hydrogen-bond donors (Lipinski definition) is 0. The van der Waals surface area contributed by atoms with Gasteiger partial charge in [0.2, 0.25) is 0 Å². The molecule has 0 N–H and O–H groups in total. The van der Waals surface area contributed by atoms with Crippen LogP contribution in [0.5, 0.6) is 0 Å². The van der Waals surface area contributed by atoms with E-state index in [1.165, 1.54) is 18.4 Å². The number of rotatable bonds is 3. The van der Waals surface area contributed by atoms with Crippen LogP contribution in [0, 0.1) is 11.3 Å². The highest BCUT2D eigenvalue weighted by molar-refractivity contribution is 7.94. The SMILES string of the molecule is CS(=O)(=O)/C(C#N)=C/C=C\c1ccco1. The Morgan fingerprint density at radius 2 is 2.33 bits per heavy atom. The van der Waals surface area contributed by atoms with Crippen molar-refractivity contribution in [1.82, 2.24) is 0 Å². The molecule has 0 unspecified atom stereocenters. The lowest BCUT2D eigenvalue weighted by Gasteiger charge is -1.90. The van der Waals surface area contributed by atoms with E-state index in [-0.39, 0.29) is 4.91 Å². The minimum atomic E-state index is -3.44. The lowest BCUT2D eigenvalue weighted by atomic mass is 10.4. The molecule has 0 aromatic carbocycles. The normalized spacial score (nSPS) is 12.9. The van der Waals surface area contributed by atoms with Gasteiger partial charge in [-0.1, -0.05) is 6.08 Å². The maximum absolute atomic E-state index is 11.0. The highest BCUT2D eigenvalue weighted by Crippen LogP contribution is 2.06. The predicted octanol–water partition coefficient (Wildman–Crippen LogP) is 1.74. The van der Waals surface area contributed by atoms with Crippen molar-refractivity contribution in [2.24, 2.45) is 0 Å². The largest absolute Gasteiger partial charge is 0.465 e. The van der Waals surface area contributed by atoms with E-state index in [0.717, 1.165) is 6.26 Å².